The van der Waals surface area contributed by atoms with Crippen LogP contribution in [-0.2, 0) is 9.47 Å². The summed E-state index contributed by atoms with van der Waals surface area (Å²) in [7, 11) is 0. The van der Waals surface area contributed by atoms with Crippen molar-refractivity contribution in [1.82, 2.24) is 0 Å². The number of ether oxygens (including phenoxy) is 2. The third-order valence-corrected chi connectivity index (χ3v) is 4.56. The molecule has 3 nitrogen and oxygen atoms in total. The van der Waals surface area contributed by atoms with Crippen molar-refractivity contribution >= 4 is 0 Å². The summed E-state index contributed by atoms with van der Waals surface area (Å²) in [6, 6.07) is 4.36. The minimum absolute atomic E-state index is 0.0920. The van der Waals surface area contributed by atoms with E-state index >= 15 is 0 Å². The van der Waals surface area contributed by atoms with Gasteiger partial charge in [0.25, 0.3) is 0 Å². The van der Waals surface area contributed by atoms with Crippen molar-refractivity contribution in [2.24, 2.45) is 5.73 Å². The topological polar surface area (TPSA) is 44.5 Å². The molecule has 1 unspecified atom stereocenters. The van der Waals surface area contributed by atoms with Gasteiger partial charge in [0.1, 0.15) is 0 Å². The Morgan fingerprint density at radius 3 is 2.35 bits per heavy atom. The summed E-state index contributed by atoms with van der Waals surface area (Å²) in [4.78, 5) is 0. The molecule has 1 aromatic carbocycles. The van der Waals surface area contributed by atoms with Crippen LogP contribution < -0.4 is 5.73 Å². The lowest BCUT2D eigenvalue weighted by atomic mass is 9.80. The fraction of sp³-hybridized carbons (Fsp3) is 0.647. The summed E-state index contributed by atoms with van der Waals surface area (Å²) in [5, 5.41) is 0. The summed E-state index contributed by atoms with van der Waals surface area (Å²) < 4.78 is 11.6. The molecule has 2 N–H and O–H groups in total. The normalized spacial score (nSPS) is 19.9. The van der Waals surface area contributed by atoms with Crippen molar-refractivity contribution in [3.63, 3.8) is 0 Å². The first-order valence-electron chi connectivity index (χ1n) is 7.55. The first-order valence-corrected chi connectivity index (χ1v) is 7.55. The van der Waals surface area contributed by atoms with E-state index in [1.807, 2.05) is 6.92 Å². The van der Waals surface area contributed by atoms with Crippen LogP contribution in [0.25, 0.3) is 0 Å². The maximum atomic E-state index is 6.63. The van der Waals surface area contributed by atoms with Crippen LogP contribution in [0.1, 0.15) is 48.1 Å². The number of aryl methyl sites for hydroxylation is 3. The van der Waals surface area contributed by atoms with E-state index in [-0.39, 0.29) is 11.6 Å². The molecule has 20 heavy (non-hydrogen) atoms. The Hall–Kier alpha value is -0.900. The fourth-order valence-electron chi connectivity index (χ4n) is 3.15. The van der Waals surface area contributed by atoms with Crippen LogP contribution >= 0.6 is 0 Å². The molecule has 1 aliphatic rings. The maximum Gasteiger partial charge on any atom is 0.0917 e. The highest BCUT2D eigenvalue weighted by Gasteiger charge is 2.40. The Labute approximate surface area is 122 Å². The van der Waals surface area contributed by atoms with Gasteiger partial charge in [0, 0.05) is 32.7 Å². The average molecular weight is 277 g/mol. The second kappa shape index (κ2) is 6.25. The molecule has 1 aromatic rings. The molecule has 0 saturated carbocycles. The van der Waals surface area contributed by atoms with Crippen molar-refractivity contribution in [3.05, 3.63) is 34.4 Å². The van der Waals surface area contributed by atoms with Crippen LogP contribution in [-0.4, -0.2) is 25.4 Å². The third kappa shape index (κ3) is 2.90. The predicted molar refractivity (Wildman–Crippen MR) is 82.0 cm³/mol. The van der Waals surface area contributed by atoms with Gasteiger partial charge in [0.15, 0.2) is 0 Å². The molecule has 0 bridgehead atoms. The number of hydrogen-bond acceptors (Lipinski definition) is 3. The van der Waals surface area contributed by atoms with Crippen molar-refractivity contribution in [3.8, 4) is 0 Å². The summed E-state index contributed by atoms with van der Waals surface area (Å²) >= 11 is 0. The van der Waals surface area contributed by atoms with Crippen LogP contribution in [0.2, 0.25) is 0 Å². The van der Waals surface area contributed by atoms with Crippen LogP contribution in [0.3, 0.4) is 0 Å². The van der Waals surface area contributed by atoms with Crippen molar-refractivity contribution in [2.45, 2.75) is 52.2 Å². The smallest absolute Gasteiger partial charge is 0.0917 e. The fourth-order valence-corrected chi connectivity index (χ4v) is 3.15. The Kier molecular flexibility index (Phi) is 4.84. The highest BCUT2D eigenvalue weighted by atomic mass is 16.5. The van der Waals surface area contributed by atoms with Crippen molar-refractivity contribution < 1.29 is 9.47 Å². The predicted octanol–water partition coefficient (Wildman–Crippen LogP) is 3.20. The van der Waals surface area contributed by atoms with Crippen LogP contribution in [0.15, 0.2) is 12.1 Å². The van der Waals surface area contributed by atoms with E-state index in [2.05, 4.69) is 32.9 Å². The third-order valence-electron chi connectivity index (χ3n) is 4.56. The average Bonchev–Trinajstić information content (AvgIpc) is 2.43. The van der Waals surface area contributed by atoms with E-state index in [9.17, 15) is 0 Å². The molecule has 0 aliphatic carbocycles. The number of rotatable bonds is 4. The Bertz CT molecular complexity index is 459. The Morgan fingerprint density at radius 2 is 1.75 bits per heavy atom. The van der Waals surface area contributed by atoms with Crippen molar-refractivity contribution in [2.75, 3.05) is 19.8 Å². The lowest BCUT2D eigenvalue weighted by Crippen LogP contribution is -2.48. The van der Waals surface area contributed by atoms with Gasteiger partial charge in [-0.2, -0.15) is 0 Å². The summed E-state index contributed by atoms with van der Waals surface area (Å²) in [5.41, 5.74) is 11.4. The standard InChI is InChI=1S/C17H27NO2/c1-5-20-17(6-8-19-9-7-17)16(18)15-11-13(3)12(2)10-14(15)4/h10-11,16H,5-9,18H2,1-4H3. The molecule has 0 radical (unpaired) electrons. The molecule has 0 amide bonds. The van der Waals surface area contributed by atoms with Crippen LogP contribution in [0.4, 0.5) is 0 Å². The van der Waals surface area contributed by atoms with E-state index in [0.29, 0.717) is 6.61 Å². The van der Waals surface area contributed by atoms with Gasteiger partial charge >= 0.3 is 0 Å². The van der Waals surface area contributed by atoms with E-state index < -0.39 is 0 Å². The van der Waals surface area contributed by atoms with Crippen LogP contribution in [0.5, 0.6) is 0 Å². The number of benzene rings is 1. The van der Waals surface area contributed by atoms with E-state index in [4.69, 9.17) is 15.2 Å². The van der Waals surface area contributed by atoms with Gasteiger partial charge in [-0.15, -0.1) is 0 Å². The SMILES string of the molecule is CCOC1(C(N)c2cc(C)c(C)cc2C)CCOCC1. The molecular formula is C17H27NO2. The van der Waals surface area contributed by atoms with E-state index in [0.717, 1.165) is 26.1 Å². The molecule has 1 heterocycles. The van der Waals surface area contributed by atoms with Crippen LogP contribution in [0, 0.1) is 20.8 Å². The van der Waals surface area contributed by atoms with Gasteiger partial charge in [0.2, 0.25) is 0 Å². The Balaban J connectivity index is 2.36. The molecule has 1 atom stereocenters. The first-order chi connectivity index (χ1) is 9.50. The molecule has 2 rings (SSSR count). The summed E-state index contributed by atoms with van der Waals surface area (Å²) in [6.45, 7) is 10.6. The van der Waals surface area contributed by atoms with Gasteiger partial charge in [-0.25, -0.2) is 0 Å². The molecule has 0 aromatic heterocycles. The van der Waals surface area contributed by atoms with Crippen molar-refractivity contribution in [1.29, 1.82) is 0 Å². The first kappa shape index (κ1) is 15.5. The zero-order valence-electron chi connectivity index (χ0n) is 13.2. The lowest BCUT2D eigenvalue weighted by molar-refractivity contribution is -0.121. The van der Waals surface area contributed by atoms with Gasteiger partial charge in [-0.05, 0) is 49.9 Å². The number of nitrogens with two attached hydrogens (primary N) is 1. The summed E-state index contributed by atoms with van der Waals surface area (Å²) in [5.74, 6) is 0. The second-order valence-electron chi connectivity index (χ2n) is 5.88. The highest BCUT2D eigenvalue weighted by molar-refractivity contribution is 5.39. The Morgan fingerprint density at radius 1 is 1.15 bits per heavy atom. The largest absolute Gasteiger partial charge is 0.381 e. The lowest BCUT2D eigenvalue weighted by Gasteiger charge is -2.42. The molecule has 112 valence electrons. The molecule has 1 aliphatic heterocycles. The number of hydrogen-bond donors (Lipinski definition) is 1. The van der Waals surface area contributed by atoms with Gasteiger partial charge in [-0.3, -0.25) is 0 Å². The minimum Gasteiger partial charge on any atom is -0.381 e. The summed E-state index contributed by atoms with van der Waals surface area (Å²) in [6.07, 6.45) is 1.74. The molecule has 0 spiro atoms. The molecular weight excluding hydrogens is 250 g/mol. The van der Waals surface area contributed by atoms with Gasteiger partial charge in [0.05, 0.1) is 11.6 Å². The van der Waals surface area contributed by atoms with Gasteiger partial charge < -0.3 is 15.2 Å². The maximum absolute atomic E-state index is 6.63. The van der Waals surface area contributed by atoms with Gasteiger partial charge in [-0.1, -0.05) is 12.1 Å². The zero-order chi connectivity index (χ0) is 14.8. The monoisotopic (exact) mass is 277 g/mol. The zero-order valence-corrected chi connectivity index (χ0v) is 13.2. The van der Waals surface area contributed by atoms with E-state index in [1.54, 1.807) is 0 Å². The quantitative estimate of drug-likeness (QED) is 0.919. The molecule has 1 fully saturated rings. The second-order valence-corrected chi connectivity index (χ2v) is 5.88. The molecule has 3 heteroatoms. The van der Waals surface area contributed by atoms with E-state index in [1.165, 1.54) is 22.3 Å². The minimum atomic E-state index is -0.278. The highest BCUT2D eigenvalue weighted by Crippen LogP contribution is 2.38. The molecule has 1 saturated heterocycles.